The highest BCUT2D eigenvalue weighted by Gasteiger charge is 2.44. The second-order valence-electron chi connectivity index (χ2n) is 25.6. The zero-order valence-electron chi connectivity index (χ0n) is 49.4. The van der Waals surface area contributed by atoms with Crippen molar-refractivity contribution in [2.24, 2.45) is 0 Å². The van der Waals surface area contributed by atoms with Crippen molar-refractivity contribution < 1.29 is 4.74 Å². The van der Waals surface area contributed by atoms with Gasteiger partial charge in [-0.1, -0.05) is 254 Å². The van der Waals surface area contributed by atoms with Crippen molar-refractivity contribution in [3.05, 3.63) is 284 Å². The fourth-order valence-electron chi connectivity index (χ4n) is 14.1. The lowest BCUT2D eigenvalue weighted by Crippen LogP contribution is -2.59. The van der Waals surface area contributed by atoms with E-state index in [2.05, 4.69) is 324 Å². The number of anilines is 3. The monoisotopic (exact) mass is 1100 g/mol. The average molecular weight is 1100 g/mol. The Hall–Kier alpha value is -10.2. The molecule has 0 unspecified atom stereocenters. The minimum Gasteiger partial charge on any atom is -0.458 e. The molecule has 13 aromatic carbocycles. The van der Waals surface area contributed by atoms with Gasteiger partial charge in [-0.05, 0) is 159 Å². The molecule has 1 aromatic heterocycles. The molecule has 0 saturated carbocycles. The third-order valence-corrected chi connectivity index (χ3v) is 18.3. The van der Waals surface area contributed by atoms with Gasteiger partial charge in [-0.25, -0.2) is 0 Å². The Labute approximate surface area is 504 Å². The van der Waals surface area contributed by atoms with Crippen molar-refractivity contribution >= 4 is 83.5 Å². The van der Waals surface area contributed by atoms with Crippen LogP contribution in [0.25, 0.3) is 105 Å². The van der Waals surface area contributed by atoms with Crippen LogP contribution in [0.5, 0.6) is 11.5 Å². The summed E-state index contributed by atoms with van der Waals surface area (Å²) in [6.45, 7) is 13.7. The van der Waals surface area contributed by atoms with E-state index in [-0.39, 0.29) is 17.5 Å². The zero-order valence-corrected chi connectivity index (χ0v) is 49.4. The Bertz CT molecular complexity index is 4910. The molecule has 4 heteroatoms. The zero-order chi connectivity index (χ0) is 58.0. The molecule has 16 rings (SSSR count). The SMILES string of the molecule is CC(C)(C)c1cc2c3c(c1)N(c1c(-c4ccccc4)cc(-c4ccccc4)cc1-c1ccccc1)c1cc(-c4c5ccccc5c(-c5ccccc5)c5ccccc45)ccc1B3c1ccc(-n3c4ccccc4c4cc(C(C)(C)C)ccc43)cc1O2. The van der Waals surface area contributed by atoms with Gasteiger partial charge in [0, 0.05) is 45.0 Å². The van der Waals surface area contributed by atoms with Crippen LogP contribution >= 0.6 is 0 Å². The van der Waals surface area contributed by atoms with E-state index in [1.54, 1.807) is 0 Å². The average Bonchev–Trinajstić information content (AvgIpc) is 0.835. The lowest BCUT2D eigenvalue weighted by molar-refractivity contribution is 0.483. The maximum absolute atomic E-state index is 7.59. The fraction of sp³-hybridized carbons (Fsp3) is 0.0976. The predicted octanol–water partition coefficient (Wildman–Crippen LogP) is 20.4. The molecule has 0 saturated heterocycles. The van der Waals surface area contributed by atoms with E-state index in [4.69, 9.17) is 4.74 Å². The minimum absolute atomic E-state index is 0.00819. The molecule has 2 aliphatic rings. The van der Waals surface area contributed by atoms with E-state index in [0.717, 1.165) is 73.1 Å². The maximum Gasteiger partial charge on any atom is 0.256 e. The van der Waals surface area contributed by atoms with E-state index in [1.807, 2.05) is 0 Å². The number of aromatic nitrogens is 1. The Kier molecular flexibility index (Phi) is 11.8. The van der Waals surface area contributed by atoms with Crippen molar-refractivity contribution in [2.45, 2.75) is 52.4 Å². The number of benzene rings is 13. The summed E-state index contributed by atoms with van der Waals surface area (Å²) >= 11 is 0. The topological polar surface area (TPSA) is 17.4 Å². The van der Waals surface area contributed by atoms with Crippen LogP contribution in [-0.4, -0.2) is 11.3 Å². The summed E-state index contributed by atoms with van der Waals surface area (Å²) in [5, 5.41) is 7.39. The number of rotatable bonds is 7. The third-order valence-electron chi connectivity index (χ3n) is 18.3. The standard InChI is InChI=1S/C82H63BN2O/c1-81(2,3)58-40-44-72-68(48-58)61-33-23-24-38-71(61)84(72)60-41-43-70-75(51-60)86-76-50-59(82(4,5)6)49-74-79(76)83(70)69-42-39-56(78-64-36-21-19-34-62(64)77(55-31-17-10-18-32-55)63-35-20-22-37-65(63)78)47-73(69)85(74)80-66(53-27-13-8-14-28-53)45-57(52-25-11-7-12-26-52)46-67(80)54-29-15-9-16-30-54/h7-51H,1-6H3. The molecule has 2 aliphatic heterocycles. The van der Waals surface area contributed by atoms with Gasteiger partial charge in [0.2, 0.25) is 0 Å². The van der Waals surface area contributed by atoms with Crippen LogP contribution in [0, 0.1) is 0 Å². The molecule has 0 spiro atoms. The van der Waals surface area contributed by atoms with Gasteiger partial charge >= 0.3 is 0 Å². The van der Waals surface area contributed by atoms with Crippen molar-refractivity contribution in [1.82, 2.24) is 4.57 Å². The van der Waals surface area contributed by atoms with Crippen molar-refractivity contribution in [1.29, 1.82) is 0 Å². The molecule has 14 aromatic rings. The van der Waals surface area contributed by atoms with Crippen LogP contribution in [0.15, 0.2) is 273 Å². The Morgan fingerprint density at radius 1 is 0.326 bits per heavy atom. The number of ether oxygens (including phenoxy) is 1. The first-order chi connectivity index (χ1) is 41.9. The first kappa shape index (κ1) is 51.5. The van der Waals surface area contributed by atoms with Gasteiger partial charge in [0.1, 0.15) is 11.5 Å². The van der Waals surface area contributed by atoms with Gasteiger partial charge in [0.25, 0.3) is 6.71 Å². The number of fused-ring (bicyclic) bond motifs is 9. The van der Waals surface area contributed by atoms with Gasteiger partial charge in [-0.15, -0.1) is 0 Å². The first-order valence-corrected chi connectivity index (χ1v) is 30.3. The molecular formula is C82H63BN2O. The Morgan fingerprint density at radius 2 is 0.826 bits per heavy atom. The first-order valence-electron chi connectivity index (χ1n) is 30.3. The number of hydrogen-bond donors (Lipinski definition) is 0. The van der Waals surface area contributed by atoms with Crippen LogP contribution in [0.2, 0.25) is 0 Å². The highest BCUT2D eigenvalue weighted by Crippen LogP contribution is 2.53. The van der Waals surface area contributed by atoms with E-state index in [1.165, 1.54) is 87.7 Å². The molecule has 0 atom stereocenters. The van der Waals surface area contributed by atoms with E-state index < -0.39 is 0 Å². The second-order valence-corrected chi connectivity index (χ2v) is 25.6. The largest absolute Gasteiger partial charge is 0.458 e. The van der Waals surface area contributed by atoms with Gasteiger partial charge in [0.15, 0.2) is 0 Å². The molecule has 0 radical (unpaired) electrons. The number of para-hydroxylation sites is 1. The number of hydrogen-bond acceptors (Lipinski definition) is 2. The van der Waals surface area contributed by atoms with Crippen LogP contribution in [0.1, 0.15) is 52.7 Å². The van der Waals surface area contributed by atoms with E-state index in [0.29, 0.717) is 0 Å². The molecule has 86 heavy (non-hydrogen) atoms. The van der Waals surface area contributed by atoms with Crippen molar-refractivity contribution in [3.8, 4) is 72.8 Å². The second kappa shape index (κ2) is 19.7. The molecular weight excluding hydrogens is 1040 g/mol. The molecule has 410 valence electrons. The van der Waals surface area contributed by atoms with Crippen LogP contribution in [-0.2, 0) is 10.8 Å². The van der Waals surface area contributed by atoms with E-state index in [9.17, 15) is 0 Å². The third kappa shape index (κ3) is 8.26. The summed E-state index contributed by atoms with van der Waals surface area (Å²) in [5.74, 6) is 1.75. The lowest BCUT2D eigenvalue weighted by atomic mass is 9.34. The molecule has 0 amide bonds. The lowest BCUT2D eigenvalue weighted by Gasteiger charge is -2.42. The van der Waals surface area contributed by atoms with Crippen LogP contribution in [0.3, 0.4) is 0 Å². The van der Waals surface area contributed by atoms with Crippen molar-refractivity contribution in [2.75, 3.05) is 4.90 Å². The fourth-order valence-corrected chi connectivity index (χ4v) is 14.1. The number of nitrogens with zero attached hydrogens (tertiary/aromatic N) is 2. The molecule has 0 bridgehead atoms. The smallest absolute Gasteiger partial charge is 0.256 e. The predicted molar refractivity (Wildman–Crippen MR) is 366 cm³/mol. The molecule has 3 heterocycles. The molecule has 0 aliphatic carbocycles. The van der Waals surface area contributed by atoms with Crippen molar-refractivity contribution in [3.63, 3.8) is 0 Å². The van der Waals surface area contributed by atoms with Gasteiger partial charge in [0.05, 0.1) is 16.7 Å². The van der Waals surface area contributed by atoms with E-state index >= 15 is 0 Å². The van der Waals surface area contributed by atoms with Gasteiger partial charge < -0.3 is 14.2 Å². The highest BCUT2D eigenvalue weighted by molar-refractivity contribution is 6.99. The summed E-state index contributed by atoms with van der Waals surface area (Å²) in [5.41, 5.74) is 24.3. The Morgan fingerprint density at radius 3 is 1.41 bits per heavy atom. The maximum atomic E-state index is 7.59. The summed E-state index contributed by atoms with van der Waals surface area (Å²) in [4.78, 5) is 2.64. The van der Waals surface area contributed by atoms with Crippen LogP contribution < -0.4 is 26.0 Å². The summed E-state index contributed by atoms with van der Waals surface area (Å²) in [6, 6.07) is 102. The summed E-state index contributed by atoms with van der Waals surface area (Å²) < 4.78 is 10.0. The normalized spacial score (nSPS) is 12.8. The quantitative estimate of drug-likeness (QED) is 0.117. The minimum atomic E-state index is -0.241. The molecule has 0 N–H and O–H groups in total. The Balaban J connectivity index is 1.01. The highest BCUT2D eigenvalue weighted by atomic mass is 16.5. The molecule has 0 fully saturated rings. The summed E-state index contributed by atoms with van der Waals surface area (Å²) in [6.07, 6.45) is 0. The van der Waals surface area contributed by atoms with Gasteiger partial charge in [-0.3, -0.25) is 0 Å². The van der Waals surface area contributed by atoms with Gasteiger partial charge in [-0.2, -0.15) is 0 Å². The van der Waals surface area contributed by atoms with Crippen LogP contribution in [0.4, 0.5) is 17.1 Å². The molecule has 3 nitrogen and oxygen atoms in total. The summed E-state index contributed by atoms with van der Waals surface area (Å²) in [7, 11) is 0.